The number of nitrogens with one attached hydrogen (secondary N) is 1. The van der Waals surface area contributed by atoms with E-state index in [1.807, 2.05) is 18.2 Å². The van der Waals surface area contributed by atoms with Crippen molar-refractivity contribution in [2.24, 2.45) is 17.8 Å². The van der Waals surface area contributed by atoms with Gasteiger partial charge < -0.3 is 5.32 Å². The molecule has 4 rings (SSSR count). The van der Waals surface area contributed by atoms with Gasteiger partial charge in [-0.3, -0.25) is 19.4 Å². The highest BCUT2D eigenvalue weighted by atomic mass is 16.2. The molecule has 0 bridgehead atoms. The summed E-state index contributed by atoms with van der Waals surface area (Å²) in [5.74, 6) is 1.93. The van der Waals surface area contributed by atoms with E-state index in [0.29, 0.717) is 17.7 Å². The number of Topliss-reactive ketones (excluding diaryl/α,β-unsaturated/α-hetero) is 1. The highest BCUT2D eigenvalue weighted by Crippen LogP contribution is 2.34. The second-order valence-corrected chi connectivity index (χ2v) is 11.5. The Morgan fingerprint density at radius 1 is 0.889 bits per heavy atom. The van der Waals surface area contributed by atoms with Gasteiger partial charge in [0.2, 0.25) is 0 Å². The van der Waals surface area contributed by atoms with Crippen LogP contribution in [0.1, 0.15) is 105 Å². The standard InChI is InChI=1S/C31H49N3O2/c1-3-24(4-2)26-11-6-5-7-14-27(23-26)34-21-19-33(20-22-34)18-17-32-31(36)29-16-9-8-15-28(29)30(35)25-12-10-13-25/h8-9,15-16,24-27H,3-7,10-14,17-23H2,1-2H3,(H,32,36). The molecule has 0 radical (unpaired) electrons. The van der Waals surface area contributed by atoms with Crippen molar-refractivity contribution in [3.63, 3.8) is 0 Å². The number of hydrogen-bond acceptors (Lipinski definition) is 4. The van der Waals surface area contributed by atoms with Gasteiger partial charge in [0, 0.05) is 56.8 Å². The smallest absolute Gasteiger partial charge is 0.252 e. The van der Waals surface area contributed by atoms with Gasteiger partial charge in [0.1, 0.15) is 0 Å². The van der Waals surface area contributed by atoms with E-state index in [2.05, 4.69) is 29.0 Å². The van der Waals surface area contributed by atoms with E-state index >= 15 is 0 Å². The van der Waals surface area contributed by atoms with E-state index in [1.54, 1.807) is 6.07 Å². The van der Waals surface area contributed by atoms with Crippen LogP contribution in [0, 0.1) is 17.8 Å². The highest BCUT2D eigenvalue weighted by molar-refractivity contribution is 6.09. The molecule has 2 atom stereocenters. The number of carbonyl (C=O) groups is 2. The van der Waals surface area contributed by atoms with Crippen LogP contribution in [-0.4, -0.2) is 66.8 Å². The molecule has 1 N–H and O–H groups in total. The van der Waals surface area contributed by atoms with Crippen LogP contribution < -0.4 is 5.32 Å². The molecule has 1 saturated heterocycles. The first-order chi connectivity index (χ1) is 17.6. The van der Waals surface area contributed by atoms with Crippen molar-refractivity contribution < 1.29 is 9.59 Å². The van der Waals surface area contributed by atoms with Crippen LogP contribution in [0.5, 0.6) is 0 Å². The topological polar surface area (TPSA) is 52.6 Å². The number of nitrogens with zero attached hydrogens (tertiary/aromatic N) is 2. The first kappa shape index (κ1) is 27.3. The summed E-state index contributed by atoms with van der Waals surface area (Å²) in [5, 5.41) is 3.09. The van der Waals surface area contributed by atoms with E-state index in [0.717, 1.165) is 69.9 Å². The Bertz CT molecular complexity index is 840. The number of piperazine rings is 1. The molecule has 1 aromatic carbocycles. The molecular formula is C31H49N3O2. The Balaban J connectivity index is 1.22. The third-order valence-corrected chi connectivity index (χ3v) is 9.45. The maximum atomic E-state index is 12.9. The fraction of sp³-hybridized carbons (Fsp3) is 0.742. The lowest BCUT2D eigenvalue weighted by molar-refractivity contribution is 0.0661. The third-order valence-electron chi connectivity index (χ3n) is 9.45. The first-order valence-electron chi connectivity index (χ1n) is 15.0. The molecule has 1 amide bonds. The van der Waals surface area contributed by atoms with E-state index in [1.165, 1.54) is 51.4 Å². The number of carbonyl (C=O) groups excluding carboxylic acids is 2. The lowest BCUT2D eigenvalue weighted by Crippen LogP contribution is -2.52. The van der Waals surface area contributed by atoms with E-state index in [-0.39, 0.29) is 17.6 Å². The Morgan fingerprint density at radius 3 is 2.25 bits per heavy atom. The summed E-state index contributed by atoms with van der Waals surface area (Å²) in [7, 11) is 0. The summed E-state index contributed by atoms with van der Waals surface area (Å²) in [4.78, 5) is 30.9. The first-order valence-corrected chi connectivity index (χ1v) is 15.0. The van der Waals surface area contributed by atoms with Gasteiger partial charge in [0.05, 0.1) is 5.56 Å². The molecular weight excluding hydrogens is 446 g/mol. The van der Waals surface area contributed by atoms with Crippen LogP contribution >= 0.6 is 0 Å². The molecule has 0 aromatic heterocycles. The van der Waals surface area contributed by atoms with Crippen molar-refractivity contribution in [2.45, 2.75) is 90.5 Å². The van der Waals surface area contributed by atoms with E-state index in [4.69, 9.17) is 0 Å². The van der Waals surface area contributed by atoms with Gasteiger partial charge in [0.25, 0.3) is 5.91 Å². The normalized spacial score (nSPS) is 24.6. The zero-order valence-corrected chi connectivity index (χ0v) is 22.9. The Morgan fingerprint density at radius 2 is 1.58 bits per heavy atom. The van der Waals surface area contributed by atoms with Crippen molar-refractivity contribution >= 4 is 11.7 Å². The van der Waals surface area contributed by atoms with Gasteiger partial charge in [-0.15, -0.1) is 0 Å². The number of benzene rings is 1. The maximum absolute atomic E-state index is 12.9. The predicted octanol–water partition coefficient (Wildman–Crippen LogP) is 5.79. The molecule has 5 heteroatoms. The van der Waals surface area contributed by atoms with Gasteiger partial charge in [-0.1, -0.05) is 77.0 Å². The van der Waals surface area contributed by atoms with Gasteiger partial charge in [0.15, 0.2) is 5.78 Å². The molecule has 0 spiro atoms. The Kier molecular flexibility index (Phi) is 10.4. The molecule has 1 heterocycles. The summed E-state index contributed by atoms with van der Waals surface area (Å²) >= 11 is 0. The third kappa shape index (κ3) is 6.98. The predicted molar refractivity (Wildman–Crippen MR) is 148 cm³/mol. The average molecular weight is 496 g/mol. The van der Waals surface area contributed by atoms with Gasteiger partial charge in [-0.2, -0.15) is 0 Å². The largest absolute Gasteiger partial charge is 0.351 e. The zero-order chi connectivity index (χ0) is 25.3. The molecule has 1 aromatic rings. The lowest BCUT2D eigenvalue weighted by atomic mass is 9.77. The zero-order valence-electron chi connectivity index (χ0n) is 22.9. The number of rotatable bonds is 10. The minimum Gasteiger partial charge on any atom is -0.351 e. The quantitative estimate of drug-likeness (QED) is 0.417. The summed E-state index contributed by atoms with van der Waals surface area (Å²) in [6.07, 6.45) is 14.1. The monoisotopic (exact) mass is 495 g/mol. The van der Waals surface area contributed by atoms with Crippen molar-refractivity contribution in [1.29, 1.82) is 0 Å². The van der Waals surface area contributed by atoms with Crippen LogP contribution in [0.4, 0.5) is 0 Å². The van der Waals surface area contributed by atoms with Crippen LogP contribution in [0.2, 0.25) is 0 Å². The summed E-state index contributed by atoms with van der Waals surface area (Å²) in [5.41, 5.74) is 1.13. The van der Waals surface area contributed by atoms with Crippen LogP contribution in [0.25, 0.3) is 0 Å². The molecule has 2 aliphatic carbocycles. The fourth-order valence-electron chi connectivity index (χ4n) is 6.82. The van der Waals surface area contributed by atoms with Crippen molar-refractivity contribution in [2.75, 3.05) is 39.3 Å². The SMILES string of the molecule is CCC(CC)C1CCCCCC(N2CCN(CCNC(=O)c3ccccc3C(=O)C3CCC3)CC2)C1. The van der Waals surface area contributed by atoms with Crippen LogP contribution in [0.15, 0.2) is 24.3 Å². The summed E-state index contributed by atoms with van der Waals surface area (Å²) < 4.78 is 0. The second-order valence-electron chi connectivity index (χ2n) is 11.5. The van der Waals surface area contributed by atoms with Crippen molar-refractivity contribution in [3.8, 4) is 0 Å². The van der Waals surface area contributed by atoms with E-state index < -0.39 is 0 Å². The molecule has 3 aliphatic rings. The minimum atomic E-state index is -0.112. The maximum Gasteiger partial charge on any atom is 0.252 e. The molecule has 36 heavy (non-hydrogen) atoms. The fourth-order valence-corrected chi connectivity index (χ4v) is 6.82. The van der Waals surface area contributed by atoms with Crippen LogP contribution in [-0.2, 0) is 0 Å². The van der Waals surface area contributed by atoms with Crippen LogP contribution in [0.3, 0.4) is 0 Å². The molecule has 1 aliphatic heterocycles. The second kappa shape index (κ2) is 13.7. The summed E-state index contributed by atoms with van der Waals surface area (Å²) in [6.45, 7) is 10.7. The minimum absolute atomic E-state index is 0.109. The number of amides is 1. The molecule has 2 unspecified atom stereocenters. The molecule has 3 fully saturated rings. The van der Waals surface area contributed by atoms with Gasteiger partial charge >= 0.3 is 0 Å². The van der Waals surface area contributed by atoms with Crippen molar-refractivity contribution in [3.05, 3.63) is 35.4 Å². The number of hydrogen-bond donors (Lipinski definition) is 1. The Labute approximate surface area is 219 Å². The molecule has 2 saturated carbocycles. The molecule has 200 valence electrons. The Hall–Kier alpha value is -1.72. The lowest BCUT2D eigenvalue weighted by Gasteiger charge is -2.42. The number of ketones is 1. The average Bonchev–Trinajstić information content (AvgIpc) is 2.85. The summed E-state index contributed by atoms with van der Waals surface area (Å²) in [6, 6.07) is 8.09. The van der Waals surface area contributed by atoms with Crippen molar-refractivity contribution in [1.82, 2.24) is 15.1 Å². The highest BCUT2D eigenvalue weighted by Gasteiger charge is 2.30. The van der Waals surface area contributed by atoms with Gasteiger partial charge in [-0.25, -0.2) is 0 Å². The van der Waals surface area contributed by atoms with E-state index in [9.17, 15) is 9.59 Å². The molecule has 5 nitrogen and oxygen atoms in total. The van der Waals surface area contributed by atoms with Gasteiger partial charge in [-0.05, 0) is 43.6 Å².